The number of fused-ring (bicyclic) bond motifs is 4. The molecule has 8 aromatic carbocycles. The molecule has 8 aromatic rings. The topological polar surface area (TPSA) is 0 Å². The van der Waals surface area contributed by atoms with Crippen LogP contribution in [0.15, 0.2) is 146 Å². The van der Waals surface area contributed by atoms with Crippen LogP contribution in [0.1, 0.15) is 136 Å². The first kappa shape index (κ1) is 69.1. The fraction of sp³-hybridized carbons (Fsp3) is 0.438. The second-order valence-corrected chi connectivity index (χ2v) is 35.4. The first-order valence-corrected chi connectivity index (χ1v) is 31.9. The molecule has 8 rings (SSSR count). The van der Waals surface area contributed by atoms with Crippen LogP contribution in [0.2, 0.25) is 0 Å². The minimum absolute atomic E-state index is 0. The number of hydrogen-bond donors (Lipinski definition) is 0. The molecule has 0 fully saturated rings. The van der Waals surface area contributed by atoms with Crippen molar-refractivity contribution in [2.75, 3.05) is 24.6 Å². The molecular formula is C64H88Cl2P4Ti2-2. The van der Waals surface area contributed by atoms with E-state index in [0.717, 1.165) is 0 Å². The Morgan fingerprint density at radius 2 is 0.514 bits per heavy atom. The van der Waals surface area contributed by atoms with E-state index in [1.54, 1.807) is 21.2 Å². The van der Waals surface area contributed by atoms with Crippen molar-refractivity contribution in [3.05, 3.63) is 146 Å². The zero-order chi connectivity index (χ0) is 49.9. The van der Waals surface area contributed by atoms with Crippen molar-refractivity contribution in [2.24, 2.45) is 0 Å². The van der Waals surface area contributed by atoms with Crippen molar-refractivity contribution in [1.82, 2.24) is 0 Å². The summed E-state index contributed by atoms with van der Waals surface area (Å²) in [6.07, 6.45) is 10.8. The Morgan fingerprint density at radius 1 is 0.319 bits per heavy atom. The molecule has 388 valence electrons. The molecule has 0 aromatic heterocycles. The van der Waals surface area contributed by atoms with Gasteiger partial charge in [-0.05, 0) is 45.3 Å². The molecule has 0 unspecified atom stereocenters. The average molecular weight is 1150 g/mol. The summed E-state index contributed by atoms with van der Waals surface area (Å²) in [7, 11) is -0.175. The van der Waals surface area contributed by atoms with Gasteiger partial charge in [-0.2, -0.15) is 24.3 Å². The Morgan fingerprint density at radius 3 is 0.708 bits per heavy atom. The zero-order valence-corrected chi connectivity index (χ0v) is 55.3. The number of halogens is 2. The number of benzene rings is 4. The minimum atomic E-state index is -0.185. The molecule has 0 aliphatic heterocycles. The maximum absolute atomic E-state index is 2.41. The summed E-state index contributed by atoms with van der Waals surface area (Å²) >= 11 is 0. The number of hydrogen-bond acceptors (Lipinski definition) is 0. The smallest absolute Gasteiger partial charge is 1.00 e. The summed E-state index contributed by atoms with van der Waals surface area (Å²) in [6.45, 7) is 37.7. The van der Waals surface area contributed by atoms with Crippen molar-refractivity contribution in [3.8, 4) is 0 Å². The molecule has 0 atom stereocenters. The van der Waals surface area contributed by atoms with Gasteiger partial charge in [-0.3, -0.25) is 0 Å². The van der Waals surface area contributed by atoms with Crippen LogP contribution >= 0.6 is 31.7 Å². The van der Waals surface area contributed by atoms with Crippen molar-refractivity contribution in [2.45, 2.75) is 157 Å². The fourth-order valence-corrected chi connectivity index (χ4v) is 23.7. The Labute approximate surface area is 487 Å². The van der Waals surface area contributed by atoms with Gasteiger partial charge in [0.05, 0.1) is 0 Å². The van der Waals surface area contributed by atoms with Gasteiger partial charge in [0.25, 0.3) is 0 Å². The van der Waals surface area contributed by atoms with Gasteiger partial charge in [-0.25, -0.2) is 0 Å². The minimum Gasteiger partial charge on any atom is -1.00 e. The molecular weight excluding hydrogens is 1060 g/mol. The summed E-state index contributed by atoms with van der Waals surface area (Å²) in [5.74, 6) is 0. The summed E-state index contributed by atoms with van der Waals surface area (Å²) in [4.78, 5) is 0. The molecule has 0 amide bonds. The van der Waals surface area contributed by atoms with Crippen molar-refractivity contribution in [1.29, 1.82) is 0 Å². The van der Waals surface area contributed by atoms with E-state index in [-0.39, 0.29) is 99.9 Å². The van der Waals surface area contributed by atoms with E-state index in [4.69, 9.17) is 0 Å². The van der Waals surface area contributed by atoms with Crippen molar-refractivity contribution in [3.63, 3.8) is 0 Å². The molecule has 0 bridgehead atoms. The van der Waals surface area contributed by atoms with Gasteiger partial charge >= 0.3 is 43.4 Å². The summed E-state index contributed by atoms with van der Waals surface area (Å²) in [5, 5.41) is 18.9. The van der Waals surface area contributed by atoms with Crippen LogP contribution in [0.5, 0.6) is 0 Å². The first-order valence-electron chi connectivity index (χ1n) is 25.8. The van der Waals surface area contributed by atoms with Gasteiger partial charge in [0.15, 0.2) is 0 Å². The molecule has 0 spiro atoms. The third kappa shape index (κ3) is 19.8. The van der Waals surface area contributed by atoms with Crippen molar-refractivity contribution >= 4 is 96.0 Å². The Hall–Kier alpha value is -0.951. The normalized spacial score (nSPS) is 11.8. The monoisotopic (exact) mass is 1150 g/mol. The molecule has 0 nitrogen and oxygen atoms in total. The third-order valence-electron chi connectivity index (χ3n) is 12.3. The zero-order valence-electron chi connectivity index (χ0n) is 47.1. The standard InChI is InChI=1S/2C17H24P.2C15H20P.2ClH.2Ti/c2*1-16(2,3)18(17(4,5)6)15-11-13-9-7-8-10-14(13)12-15;2*1-3-9-16(10-4-2)15-11-13-7-5-6-8-14(13)12-15;;;;/h2*7-12H,1-6H3;2*5-8,11-12H,3-4,9-10H2,1-2H3;2*1H;;/q4*-1;;;2*+2/p-2. The molecule has 72 heavy (non-hydrogen) atoms. The van der Waals surface area contributed by atoms with E-state index in [1.807, 2.05) is 0 Å². The SMILES string of the molecule is CC(C)(C)P(c1cc2ccccc2[cH-]1)C(C)(C)C.CC(C)(C)P(c1cc2ccccc2[cH-]1)C(C)(C)C.CCCP(CCC)c1cc2ccccc2[cH-]1.CCCP(CCC)c1cc2ccccc2[cH-]1.[Cl-].[Cl-].[Ti+2].[Ti+2]. The molecule has 0 saturated carbocycles. The summed E-state index contributed by atoms with van der Waals surface area (Å²) < 4.78 is 0. The molecule has 8 heteroatoms. The average Bonchev–Trinajstić information content (AvgIpc) is 4.06. The van der Waals surface area contributed by atoms with Crippen LogP contribution < -0.4 is 46.0 Å². The van der Waals surface area contributed by atoms with Gasteiger partial charge in [0, 0.05) is 0 Å². The van der Waals surface area contributed by atoms with Crippen molar-refractivity contribution < 1.29 is 68.2 Å². The third-order valence-corrected chi connectivity index (χ3v) is 25.2. The second kappa shape index (κ2) is 31.5. The van der Waals surface area contributed by atoms with Gasteiger partial charge in [-0.1, -0.05) is 192 Å². The molecule has 0 radical (unpaired) electrons. The van der Waals surface area contributed by atoms with E-state index in [9.17, 15) is 0 Å². The molecule has 0 saturated heterocycles. The number of rotatable bonds is 12. The van der Waals surface area contributed by atoms with Crippen LogP contribution in [0.25, 0.3) is 43.1 Å². The van der Waals surface area contributed by atoms with Crippen LogP contribution in [-0.4, -0.2) is 45.3 Å². The predicted molar refractivity (Wildman–Crippen MR) is 324 cm³/mol. The van der Waals surface area contributed by atoms with E-state index in [0.29, 0.717) is 20.6 Å². The summed E-state index contributed by atoms with van der Waals surface area (Å²) in [5.41, 5.74) is 0. The van der Waals surface area contributed by atoms with Crippen LogP contribution in [0, 0.1) is 0 Å². The van der Waals surface area contributed by atoms with Gasteiger partial charge < -0.3 is 24.8 Å². The van der Waals surface area contributed by atoms with E-state index < -0.39 is 0 Å². The maximum Gasteiger partial charge on any atom is 2.00 e. The van der Waals surface area contributed by atoms with E-state index >= 15 is 0 Å². The summed E-state index contributed by atoms with van der Waals surface area (Å²) in [6, 6.07) is 54.1. The Balaban J connectivity index is 0.000000472. The first-order chi connectivity index (χ1) is 32.1. The maximum atomic E-state index is 2.41. The Bertz CT molecular complexity index is 2370. The van der Waals surface area contributed by atoms with Gasteiger partial charge in [0.2, 0.25) is 0 Å². The molecule has 0 aliphatic carbocycles. The Kier molecular flexibility index (Phi) is 30.2. The second-order valence-electron chi connectivity index (χ2n) is 22.7. The van der Waals surface area contributed by atoms with E-state index in [2.05, 4.69) is 256 Å². The molecule has 0 heterocycles. The quantitative estimate of drug-likeness (QED) is 0.0650. The molecule has 0 aliphatic rings. The van der Waals surface area contributed by atoms with Gasteiger partial charge in [-0.15, -0.1) is 161 Å². The van der Waals surface area contributed by atoms with Crippen LogP contribution in [0.3, 0.4) is 0 Å². The van der Waals surface area contributed by atoms with E-state index in [1.165, 1.54) is 93.4 Å². The van der Waals surface area contributed by atoms with Crippen LogP contribution in [-0.2, 0) is 43.4 Å². The predicted octanol–water partition coefficient (Wildman–Crippen LogP) is 13.5. The van der Waals surface area contributed by atoms with Crippen LogP contribution in [0.4, 0.5) is 0 Å². The largest absolute Gasteiger partial charge is 2.00 e. The fourth-order valence-electron chi connectivity index (χ4n) is 10.5. The van der Waals surface area contributed by atoms with Gasteiger partial charge in [0.1, 0.15) is 0 Å². The molecule has 0 N–H and O–H groups in total.